The molecule has 0 bridgehead atoms. The van der Waals surface area contributed by atoms with Crippen molar-refractivity contribution in [3.05, 3.63) is 106 Å². The largest absolute Gasteiger partial charge is 0.115 e. The van der Waals surface area contributed by atoms with Gasteiger partial charge in [0.1, 0.15) is 0 Å². The lowest BCUT2D eigenvalue weighted by Gasteiger charge is -2.18. The van der Waals surface area contributed by atoms with Crippen molar-refractivity contribution in [2.45, 2.75) is 52.4 Å². The summed E-state index contributed by atoms with van der Waals surface area (Å²) in [5.74, 6) is 15.7. The normalized spacial score (nSPS) is 10.9. The fraction of sp³-hybridized carbons (Fsp3) is 0.250. The third-order valence-electron chi connectivity index (χ3n) is 5.30. The van der Waals surface area contributed by atoms with Crippen LogP contribution in [0, 0.1) is 36.0 Å². The van der Waals surface area contributed by atoms with Gasteiger partial charge in [-0.05, 0) is 64.4 Å². The molecule has 0 unspecified atom stereocenters. The first-order valence-corrected chi connectivity index (χ1v) is 10.9. The van der Waals surface area contributed by atoms with Crippen molar-refractivity contribution in [2.24, 2.45) is 0 Å². The van der Waals surface area contributed by atoms with Gasteiger partial charge >= 0.3 is 0 Å². The third-order valence-corrected chi connectivity index (χ3v) is 5.30. The van der Waals surface area contributed by atoms with E-state index in [0.29, 0.717) is 0 Å². The second kappa shape index (κ2) is 9.23. The summed E-state index contributed by atoms with van der Waals surface area (Å²) >= 11 is 0. The van der Waals surface area contributed by atoms with Crippen molar-refractivity contribution in [1.82, 2.24) is 0 Å². The van der Waals surface area contributed by atoms with Gasteiger partial charge in [0.25, 0.3) is 0 Å². The monoisotopic (exact) mass is 414 g/mol. The fourth-order valence-electron chi connectivity index (χ4n) is 3.25. The summed E-state index contributed by atoms with van der Waals surface area (Å²) in [6, 6.07) is 22.7. The number of benzene rings is 3. The molecule has 0 aromatic heterocycles. The second-order valence-electron chi connectivity index (χ2n) is 10.1. The highest BCUT2D eigenvalue weighted by Crippen LogP contribution is 2.23. The third kappa shape index (κ3) is 6.17. The summed E-state index contributed by atoms with van der Waals surface area (Å²) < 4.78 is 0. The van der Waals surface area contributed by atoms with Crippen LogP contribution < -0.4 is 0 Å². The fourth-order valence-corrected chi connectivity index (χ4v) is 3.25. The van der Waals surface area contributed by atoms with Crippen molar-refractivity contribution >= 4 is 0 Å². The van der Waals surface area contributed by atoms with E-state index in [2.05, 4.69) is 120 Å². The minimum atomic E-state index is 0.133. The van der Waals surface area contributed by atoms with Gasteiger partial charge in [0, 0.05) is 27.8 Å². The van der Waals surface area contributed by atoms with Gasteiger partial charge in [-0.2, -0.15) is 0 Å². The Balaban J connectivity index is 1.86. The van der Waals surface area contributed by atoms with Gasteiger partial charge in [-0.1, -0.05) is 95.4 Å². The first kappa shape index (κ1) is 23.0. The summed E-state index contributed by atoms with van der Waals surface area (Å²) in [7, 11) is 0. The van der Waals surface area contributed by atoms with E-state index in [1.54, 1.807) is 0 Å². The van der Waals surface area contributed by atoms with E-state index < -0.39 is 0 Å². The van der Waals surface area contributed by atoms with Crippen LogP contribution in [0.2, 0.25) is 0 Å². The predicted molar refractivity (Wildman–Crippen MR) is 137 cm³/mol. The molecule has 0 heterocycles. The molecule has 3 aromatic carbocycles. The topological polar surface area (TPSA) is 0 Å². The molecule has 0 aliphatic heterocycles. The Labute approximate surface area is 194 Å². The molecule has 0 saturated carbocycles. The molecule has 0 atom stereocenters. The molecule has 0 fully saturated rings. The summed E-state index contributed by atoms with van der Waals surface area (Å²) in [6.07, 6.45) is 5.67. The van der Waals surface area contributed by atoms with Gasteiger partial charge in [0.2, 0.25) is 0 Å². The van der Waals surface area contributed by atoms with E-state index in [-0.39, 0.29) is 10.8 Å². The lowest BCUT2D eigenvalue weighted by Crippen LogP contribution is -2.10. The second-order valence-corrected chi connectivity index (χ2v) is 10.1. The maximum Gasteiger partial charge on any atom is 0.0273 e. The Bertz CT molecular complexity index is 1160. The minimum Gasteiger partial charge on any atom is -0.115 e. The molecule has 3 rings (SSSR count). The highest BCUT2D eigenvalue weighted by Gasteiger charge is 2.13. The van der Waals surface area contributed by atoms with Gasteiger partial charge in [-0.25, -0.2) is 0 Å². The van der Waals surface area contributed by atoms with Crippen molar-refractivity contribution in [2.75, 3.05) is 0 Å². The van der Waals surface area contributed by atoms with Crippen LogP contribution in [0.15, 0.2) is 66.7 Å². The summed E-state index contributed by atoms with van der Waals surface area (Å²) in [5.41, 5.74) is 7.34. The molecule has 0 aliphatic rings. The molecule has 0 aliphatic carbocycles. The molecule has 0 spiro atoms. The standard InChI is InChI=1S/C32H30/c1-8-24-21-27(11-9-25-13-17-29(18-14-25)31(2,3)4)23-28(22-24)12-10-26-15-19-30(20-16-26)32(5,6)7/h1,13-23H,2-7H3. The average molecular weight is 415 g/mol. The van der Waals surface area contributed by atoms with E-state index in [0.717, 1.165) is 27.8 Å². The van der Waals surface area contributed by atoms with Crippen molar-refractivity contribution < 1.29 is 0 Å². The molecule has 0 amide bonds. The van der Waals surface area contributed by atoms with Crippen LogP contribution >= 0.6 is 0 Å². The minimum absolute atomic E-state index is 0.133. The first-order valence-electron chi connectivity index (χ1n) is 10.9. The van der Waals surface area contributed by atoms with Crippen molar-refractivity contribution in [3.8, 4) is 36.0 Å². The average Bonchev–Trinajstić information content (AvgIpc) is 2.75. The van der Waals surface area contributed by atoms with Crippen LogP contribution in [0.5, 0.6) is 0 Å². The van der Waals surface area contributed by atoms with Crippen LogP contribution in [0.1, 0.15) is 80.5 Å². The highest BCUT2D eigenvalue weighted by atomic mass is 14.2. The molecule has 3 aromatic rings. The van der Waals surface area contributed by atoms with Gasteiger partial charge in [-0.3, -0.25) is 0 Å². The maximum atomic E-state index is 5.67. The number of hydrogen-bond acceptors (Lipinski definition) is 0. The number of rotatable bonds is 0. The Morgan fingerprint density at radius 1 is 0.469 bits per heavy atom. The Morgan fingerprint density at radius 3 is 1.09 bits per heavy atom. The van der Waals surface area contributed by atoms with E-state index in [1.807, 2.05) is 18.2 Å². The van der Waals surface area contributed by atoms with Gasteiger partial charge in [0.15, 0.2) is 0 Å². The smallest absolute Gasteiger partial charge is 0.0273 e. The molecule has 0 saturated heterocycles. The lowest BCUT2D eigenvalue weighted by molar-refractivity contribution is 0.590. The Morgan fingerprint density at radius 2 is 0.781 bits per heavy atom. The number of hydrogen-bond donors (Lipinski definition) is 0. The zero-order chi connectivity index (χ0) is 23.4. The van der Waals surface area contributed by atoms with Gasteiger partial charge < -0.3 is 0 Å². The molecule has 0 N–H and O–H groups in total. The van der Waals surface area contributed by atoms with Crippen LogP contribution in [-0.4, -0.2) is 0 Å². The molecule has 0 radical (unpaired) electrons. The SMILES string of the molecule is C#Cc1cc(C#Cc2ccc(C(C)(C)C)cc2)cc(C#Cc2ccc(C(C)(C)C)cc2)c1. The quantitative estimate of drug-likeness (QED) is 0.345. The highest BCUT2D eigenvalue weighted by molar-refractivity contribution is 5.54. The van der Waals surface area contributed by atoms with Gasteiger partial charge in [-0.15, -0.1) is 6.42 Å². The summed E-state index contributed by atoms with van der Waals surface area (Å²) in [5, 5.41) is 0. The maximum absolute atomic E-state index is 5.67. The zero-order valence-electron chi connectivity index (χ0n) is 19.9. The van der Waals surface area contributed by atoms with Gasteiger partial charge in [0.05, 0.1) is 0 Å². The Kier molecular flexibility index (Phi) is 6.64. The predicted octanol–water partition coefficient (Wildman–Crippen LogP) is 7.06. The molecular weight excluding hydrogens is 384 g/mol. The van der Waals surface area contributed by atoms with Crippen LogP contribution in [0.4, 0.5) is 0 Å². The van der Waals surface area contributed by atoms with Crippen LogP contribution in [0.25, 0.3) is 0 Å². The van der Waals surface area contributed by atoms with Crippen molar-refractivity contribution in [3.63, 3.8) is 0 Å². The number of terminal acetylenes is 1. The van der Waals surface area contributed by atoms with Crippen LogP contribution in [-0.2, 0) is 10.8 Å². The zero-order valence-corrected chi connectivity index (χ0v) is 19.9. The lowest BCUT2D eigenvalue weighted by atomic mass is 9.87. The molecular formula is C32H30. The van der Waals surface area contributed by atoms with E-state index in [9.17, 15) is 0 Å². The Hall–Kier alpha value is -3.66. The van der Waals surface area contributed by atoms with E-state index >= 15 is 0 Å². The summed E-state index contributed by atoms with van der Waals surface area (Å²) in [6.45, 7) is 13.3. The molecule has 32 heavy (non-hydrogen) atoms. The first-order chi connectivity index (χ1) is 15.0. The molecule has 0 heteroatoms. The molecule has 0 nitrogen and oxygen atoms in total. The summed E-state index contributed by atoms with van der Waals surface area (Å²) in [4.78, 5) is 0. The van der Waals surface area contributed by atoms with Crippen LogP contribution in [0.3, 0.4) is 0 Å². The van der Waals surface area contributed by atoms with E-state index in [1.165, 1.54) is 11.1 Å². The van der Waals surface area contributed by atoms with E-state index in [4.69, 9.17) is 6.42 Å². The van der Waals surface area contributed by atoms with Crippen molar-refractivity contribution in [1.29, 1.82) is 0 Å². The molecule has 158 valence electrons.